The molecular formula is C19H17N3O4S. The molecule has 1 heterocycles. The second-order valence-electron chi connectivity index (χ2n) is 5.80. The van der Waals surface area contributed by atoms with Gasteiger partial charge in [0.05, 0.1) is 17.7 Å². The SMILES string of the molecule is COc1ccc(C)cc1-n1ccnc(SCc2ccc([N+](=O)[O-])cc2)c1=O. The minimum Gasteiger partial charge on any atom is -0.495 e. The van der Waals surface area contributed by atoms with E-state index in [1.807, 2.05) is 25.1 Å². The summed E-state index contributed by atoms with van der Waals surface area (Å²) in [5.41, 5.74) is 2.33. The number of hydrogen-bond acceptors (Lipinski definition) is 6. The molecule has 0 aliphatic carbocycles. The zero-order valence-electron chi connectivity index (χ0n) is 14.8. The van der Waals surface area contributed by atoms with Crippen molar-refractivity contribution in [3.05, 3.63) is 86.5 Å². The first kappa shape index (κ1) is 18.7. The zero-order valence-corrected chi connectivity index (χ0v) is 15.6. The van der Waals surface area contributed by atoms with Crippen LogP contribution in [0.3, 0.4) is 0 Å². The van der Waals surface area contributed by atoms with Gasteiger partial charge in [-0.1, -0.05) is 30.0 Å². The van der Waals surface area contributed by atoms with E-state index in [2.05, 4.69) is 4.98 Å². The zero-order chi connectivity index (χ0) is 19.4. The summed E-state index contributed by atoms with van der Waals surface area (Å²) in [6.45, 7) is 1.94. The molecule has 0 N–H and O–H groups in total. The molecule has 0 aliphatic rings. The summed E-state index contributed by atoms with van der Waals surface area (Å²) >= 11 is 1.29. The first-order valence-electron chi connectivity index (χ1n) is 8.08. The summed E-state index contributed by atoms with van der Waals surface area (Å²) in [5.74, 6) is 1.08. The number of non-ortho nitro benzene ring substituents is 1. The van der Waals surface area contributed by atoms with E-state index in [0.29, 0.717) is 22.2 Å². The third-order valence-corrected chi connectivity index (χ3v) is 4.96. The lowest BCUT2D eigenvalue weighted by Crippen LogP contribution is -2.21. The number of thioether (sulfide) groups is 1. The van der Waals surface area contributed by atoms with Crippen molar-refractivity contribution in [1.82, 2.24) is 9.55 Å². The molecule has 0 saturated heterocycles. The van der Waals surface area contributed by atoms with Gasteiger partial charge in [0.1, 0.15) is 5.75 Å². The van der Waals surface area contributed by atoms with Crippen molar-refractivity contribution in [2.75, 3.05) is 7.11 Å². The third kappa shape index (κ3) is 4.17. The van der Waals surface area contributed by atoms with E-state index in [9.17, 15) is 14.9 Å². The van der Waals surface area contributed by atoms with Crippen LogP contribution in [-0.4, -0.2) is 21.6 Å². The van der Waals surface area contributed by atoms with Gasteiger partial charge < -0.3 is 4.74 Å². The van der Waals surface area contributed by atoms with E-state index in [4.69, 9.17) is 4.74 Å². The minimum atomic E-state index is -0.441. The van der Waals surface area contributed by atoms with Crippen molar-refractivity contribution >= 4 is 17.4 Å². The van der Waals surface area contributed by atoms with Crippen LogP contribution in [0.5, 0.6) is 5.75 Å². The Morgan fingerprint density at radius 3 is 2.63 bits per heavy atom. The van der Waals surface area contributed by atoms with Crippen molar-refractivity contribution in [2.24, 2.45) is 0 Å². The average Bonchev–Trinajstić information content (AvgIpc) is 2.67. The smallest absolute Gasteiger partial charge is 0.287 e. The molecule has 0 aliphatic heterocycles. The van der Waals surface area contributed by atoms with Crippen LogP contribution in [0, 0.1) is 17.0 Å². The lowest BCUT2D eigenvalue weighted by atomic mass is 10.2. The molecule has 138 valence electrons. The van der Waals surface area contributed by atoms with Crippen LogP contribution in [0.2, 0.25) is 0 Å². The second-order valence-corrected chi connectivity index (χ2v) is 6.76. The van der Waals surface area contributed by atoms with Crippen molar-refractivity contribution in [3.8, 4) is 11.4 Å². The quantitative estimate of drug-likeness (QED) is 0.366. The largest absolute Gasteiger partial charge is 0.495 e. The molecule has 27 heavy (non-hydrogen) atoms. The lowest BCUT2D eigenvalue weighted by Gasteiger charge is -2.12. The molecule has 1 aromatic heterocycles. The molecule has 0 amide bonds. The highest BCUT2D eigenvalue weighted by molar-refractivity contribution is 7.98. The number of rotatable bonds is 6. The van der Waals surface area contributed by atoms with Crippen LogP contribution in [0.4, 0.5) is 5.69 Å². The highest BCUT2D eigenvalue weighted by Crippen LogP contribution is 2.24. The summed E-state index contributed by atoms with van der Waals surface area (Å²) in [6.07, 6.45) is 3.18. The topological polar surface area (TPSA) is 87.3 Å². The second kappa shape index (κ2) is 8.05. The number of aromatic nitrogens is 2. The van der Waals surface area contributed by atoms with Gasteiger partial charge in [0.25, 0.3) is 11.2 Å². The third-order valence-electron chi connectivity index (χ3n) is 3.93. The molecule has 0 fully saturated rings. The average molecular weight is 383 g/mol. The van der Waals surface area contributed by atoms with E-state index in [0.717, 1.165) is 11.1 Å². The van der Waals surface area contributed by atoms with Gasteiger partial charge in [-0.15, -0.1) is 0 Å². The molecule has 0 saturated carbocycles. The predicted octanol–water partition coefficient (Wildman–Crippen LogP) is 3.75. The maximum atomic E-state index is 12.8. The Balaban J connectivity index is 1.86. The Labute approximate surface area is 159 Å². The fourth-order valence-corrected chi connectivity index (χ4v) is 3.39. The summed E-state index contributed by atoms with van der Waals surface area (Å²) in [5, 5.41) is 11.1. The van der Waals surface area contributed by atoms with Gasteiger partial charge in [-0.05, 0) is 30.2 Å². The van der Waals surface area contributed by atoms with Crippen LogP contribution >= 0.6 is 11.8 Å². The predicted molar refractivity (Wildman–Crippen MR) is 104 cm³/mol. The number of ether oxygens (including phenoxy) is 1. The summed E-state index contributed by atoms with van der Waals surface area (Å²) in [4.78, 5) is 27.3. The monoisotopic (exact) mass is 383 g/mol. The van der Waals surface area contributed by atoms with Gasteiger partial charge in [0, 0.05) is 30.3 Å². The van der Waals surface area contributed by atoms with E-state index >= 15 is 0 Å². The number of methoxy groups -OCH3 is 1. The number of hydrogen-bond donors (Lipinski definition) is 0. The first-order chi connectivity index (χ1) is 13.0. The summed E-state index contributed by atoms with van der Waals surface area (Å²) in [6, 6.07) is 11.9. The van der Waals surface area contributed by atoms with Crippen LogP contribution in [-0.2, 0) is 5.75 Å². The molecule has 7 nitrogen and oxygen atoms in total. The first-order valence-corrected chi connectivity index (χ1v) is 9.07. The van der Waals surface area contributed by atoms with Gasteiger partial charge in [0.15, 0.2) is 5.03 Å². The normalized spacial score (nSPS) is 10.6. The van der Waals surface area contributed by atoms with E-state index in [-0.39, 0.29) is 11.2 Å². The van der Waals surface area contributed by atoms with Crippen LogP contribution in [0.25, 0.3) is 5.69 Å². The fourth-order valence-electron chi connectivity index (χ4n) is 2.54. The lowest BCUT2D eigenvalue weighted by molar-refractivity contribution is -0.384. The molecule has 8 heteroatoms. The van der Waals surface area contributed by atoms with E-state index < -0.39 is 4.92 Å². The Morgan fingerprint density at radius 2 is 1.96 bits per heavy atom. The van der Waals surface area contributed by atoms with Gasteiger partial charge in [-0.2, -0.15) is 0 Å². The minimum absolute atomic E-state index is 0.0375. The Kier molecular flexibility index (Phi) is 5.56. The number of benzene rings is 2. The van der Waals surface area contributed by atoms with Crippen molar-refractivity contribution in [3.63, 3.8) is 0 Å². The van der Waals surface area contributed by atoms with Crippen LogP contribution < -0.4 is 10.3 Å². The van der Waals surface area contributed by atoms with Crippen molar-refractivity contribution < 1.29 is 9.66 Å². The number of nitro groups is 1. The highest BCUT2D eigenvalue weighted by atomic mass is 32.2. The molecule has 2 aromatic carbocycles. The fraction of sp³-hybridized carbons (Fsp3) is 0.158. The molecule has 0 unspecified atom stereocenters. The van der Waals surface area contributed by atoms with Crippen molar-refractivity contribution in [2.45, 2.75) is 17.7 Å². The molecular weight excluding hydrogens is 366 g/mol. The van der Waals surface area contributed by atoms with Gasteiger partial charge >= 0.3 is 0 Å². The number of aryl methyl sites for hydroxylation is 1. The molecule has 0 atom stereocenters. The van der Waals surface area contributed by atoms with E-state index in [1.54, 1.807) is 31.6 Å². The maximum absolute atomic E-state index is 12.8. The maximum Gasteiger partial charge on any atom is 0.287 e. The molecule has 3 aromatic rings. The van der Waals surface area contributed by atoms with Gasteiger partial charge in [-0.25, -0.2) is 4.98 Å². The number of nitro benzene ring substituents is 1. The van der Waals surface area contributed by atoms with Gasteiger partial charge in [-0.3, -0.25) is 19.5 Å². The molecule has 0 bridgehead atoms. The van der Waals surface area contributed by atoms with Crippen LogP contribution in [0.1, 0.15) is 11.1 Å². The standard InChI is InChI=1S/C19H17N3O4S/c1-13-3-8-17(26-2)16(11-13)21-10-9-20-18(19(21)23)27-12-14-4-6-15(7-5-14)22(24)25/h3-11H,12H2,1-2H3. The Bertz CT molecular complexity index is 1030. The summed E-state index contributed by atoms with van der Waals surface area (Å²) < 4.78 is 6.88. The van der Waals surface area contributed by atoms with Crippen LogP contribution in [0.15, 0.2) is 64.7 Å². The molecule has 3 rings (SSSR count). The van der Waals surface area contributed by atoms with Gasteiger partial charge in [0.2, 0.25) is 0 Å². The summed E-state index contributed by atoms with van der Waals surface area (Å²) in [7, 11) is 1.56. The molecule has 0 radical (unpaired) electrons. The highest BCUT2D eigenvalue weighted by Gasteiger charge is 2.12. The number of nitrogens with zero attached hydrogens (tertiary/aromatic N) is 3. The van der Waals surface area contributed by atoms with E-state index in [1.165, 1.54) is 28.5 Å². The van der Waals surface area contributed by atoms with Crippen molar-refractivity contribution in [1.29, 1.82) is 0 Å². The Hall–Kier alpha value is -3.13. The Morgan fingerprint density at radius 1 is 1.22 bits per heavy atom. The molecule has 0 spiro atoms.